The fourth-order valence-corrected chi connectivity index (χ4v) is 1.51. The molecule has 1 atom stereocenters. The van der Waals surface area contributed by atoms with Crippen LogP contribution in [0.2, 0.25) is 0 Å². The molecule has 0 fully saturated rings. The molecule has 0 amide bonds. The first-order valence-corrected chi connectivity index (χ1v) is 4.86. The largest absolute Gasteiger partial charge is 0.497 e. The fourth-order valence-electron chi connectivity index (χ4n) is 1.51. The van der Waals surface area contributed by atoms with E-state index in [0.29, 0.717) is 12.0 Å². The quantitative estimate of drug-likeness (QED) is 0.417. The summed E-state index contributed by atoms with van der Waals surface area (Å²) in [6.45, 7) is -0.244. The lowest BCUT2D eigenvalue weighted by atomic mass is 9.96. The molecule has 0 aliphatic rings. The van der Waals surface area contributed by atoms with Gasteiger partial charge >= 0.3 is 0 Å². The molecule has 16 heavy (non-hydrogen) atoms. The van der Waals surface area contributed by atoms with Gasteiger partial charge in [0.2, 0.25) is 6.54 Å². The lowest BCUT2D eigenvalue weighted by molar-refractivity contribution is -0.483. The van der Waals surface area contributed by atoms with Crippen LogP contribution in [0, 0.1) is 10.1 Å². The molecule has 1 aromatic rings. The van der Waals surface area contributed by atoms with Crippen LogP contribution in [-0.4, -0.2) is 24.9 Å². The predicted octanol–water partition coefficient (Wildman–Crippen LogP) is 1.64. The topological polar surface area (TPSA) is 69.4 Å². The number of hydrogen-bond donors (Lipinski definition) is 0. The maximum Gasteiger partial charge on any atom is 0.211 e. The van der Waals surface area contributed by atoms with Gasteiger partial charge in [-0.1, -0.05) is 12.1 Å². The summed E-state index contributed by atoms with van der Waals surface area (Å²) < 4.78 is 5.03. The third-order valence-electron chi connectivity index (χ3n) is 2.32. The van der Waals surface area contributed by atoms with Crippen molar-refractivity contribution in [2.24, 2.45) is 0 Å². The molecular weight excluding hydrogens is 210 g/mol. The number of hydrogen-bond acceptors (Lipinski definition) is 4. The standard InChI is InChI=1S/C11H13NO4/c1-16-11-4-2-3-9(7-11)10(5-6-13)8-12(14)15/h2-4,6-7,10H,5,8H2,1H3/t10-/m0/s1. The number of nitro groups is 1. The van der Waals surface area contributed by atoms with Gasteiger partial charge in [-0.25, -0.2) is 0 Å². The van der Waals surface area contributed by atoms with Gasteiger partial charge in [0.05, 0.1) is 13.0 Å². The summed E-state index contributed by atoms with van der Waals surface area (Å²) in [5.74, 6) is 0.249. The van der Waals surface area contributed by atoms with Crippen molar-refractivity contribution in [2.45, 2.75) is 12.3 Å². The molecule has 0 saturated carbocycles. The predicted molar refractivity (Wildman–Crippen MR) is 58.3 cm³/mol. The summed E-state index contributed by atoms with van der Waals surface area (Å²) in [7, 11) is 1.53. The van der Waals surface area contributed by atoms with Crippen molar-refractivity contribution in [3.05, 3.63) is 39.9 Å². The zero-order valence-corrected chi connectivity index (χ0v) is 8.96. The minimum absolute atomic E-state index is 0.147. The summed E-state index contributed by atoms with van der Waals surface area (Å²) in [4.78, 5) is 20.5. The van der Waals surface area contributed by atoms with Crippen LogP contribution >= 0.6 is 0 Å². The second kappa shape index (κ2) is 5.85. The molecule has 5 heteroatoms. The molecule has 86 valence electrons. The van der Waals surface area contributed by atoms with Crippen LogP contribution in [0.3, 0.4) is 0 Å². The average molecular weight is 223 g/mol. The molecular formula is C11H13NO4. The molecule has 1 rings (SSSR count). The third kappa shape index (κ3) is 3.34. The first-order valence-electron chi connectivity index (χ1n) is 4.86. The number of nitrogens with zero attached hydrogens (tertiary/aromatic N) is 1. The number of methoxy groups -OCH3 is 1. The number of carbonyl (C=O) groups is 1. The van der Waals surface area contributed by atoms with Crippen molar-refractivity contribution >= 4 is 6.29 Å². The van der Waals surface area contributed by atoms with E-state index in [1.807, 2.05) is 0 Å². The van der Waals surface area contributed by atoms with E-state index in [1.165, 1.54) is 7.11 Å². The number of rotatable bonds is 6. The van der Waals surface area contributed by atoms with Crippen molar-refractivity contribution in [1.29, 1.82) is 0 Å². The molecule has 0 bridgehead atoms. The Hall–Kier alpha value is -1.91. The Morgan fingerprint density at radius 1 is 1.56 bits per heavy atom. The van der Waals surface area contributed by atoms with E-state index in [4.69, 9.17) is 4.74 Å². The highest BCUT2D eigenvalue weighted by atomic mass is 16.6. The van der Waals surface area contributed by atoms with Crippen LogP contribution in [0.25, 0.3) is 0 Å². The van der Waals surface area contributed by atoms with E-state index in [-0.39, 0.29) is 18.9 Å². The van der Waals surface area contributed by atoms with E-state index in [2.05, 4.69) is 0 Å². The molecule has 0 saturated heterocycles. The summed E-state index contributed by atoms with van der Waals surface area (Å²) in [6, 6.07) is 7.00. The van der Waals surface area contributed by atoms with Gasteiger partial charge in [0.15, 0.2) is 0 Å². The Labute approximate surface area is 93.2 Å². The maximum atomic E-state index is 10.5. The summed E-state index contributed by atoms with van der Waals surface area (Å²) in [6.07, 6.45) is 0.849. The maximum absolute atomic E-state index is 10.5. The number of benzene rings is 1. The van der Waals surface area contributed by atoms with Crippen LogP contribution in [0.4, 0.5) is 0 Å². The fraction of sp³-hybridized carbons (Fsp3) is 0.364. The van der Waals surface area contributed by atoms with Crippen LogP contribution < -0.4 is 4.74 Å². The molecule has 0 aliphatic heterocycles. The molecule has 5 nitrogen and oxygen atoms in total. The molecule has 0 spiro atoms. The molecule has 0 heterocycles. The Kier molecular flexibility index (Phi) is 4.44. The Morgan fingerprint density at radius 2 is 2.31 bits per heavy atom. The summed E-state index contributed by atoms with van der Waals surface area (Å²) in [5.41, 5.74) is 0.753. The highest BCUT2D eigenvalue weighted by molar-refractivity contribution is 5.52. The lowest BCUT2D eigenvalue weighted by Gasteiger charge is -2.11. The van der Waals surface area contributed by atoms with Crippen molar-refractivity contribution in [1.82, 2.24) is 0 Å². The summed E-state index contributed by atoms with van der Waals surface area (Å²) in [5, 5.41) is 10.5. The molecule has 0 N–H and O–H groups in total. The smallest absolute Gasteiger partial charge is 0.211 e. The molecule has 0 aromatic heterocycles. The zero-order valence-electron chi connectivity index (χ0n) is 8.96. The van der Waals surface area contributed by atoms with E-state index in [9.17, 15) is 14.9 Å². The number of ether oxygens (including phenoxy) is 1. The Morgan fingerprint density at radius 3 is 2.88 bits per heavy atom. The highest BCUT2D eigenvalue weighted by Gasteiger charge is 2.17. The van der Waals surface area contributed by atoms with Gasteiger partial charge in [0, 0.05) is 11.3 Å². The van der Waals surface area contributed by atoms with Gasteiger partial charge < -0.3 is 9.53 Å². The van der Waals surface area contributed by atoms with E-state index in [1.54, 1.807) is 24.3 Å². The minimum Gasteiger partial charge on any atom is -0.497 e. The third-order valence-corrected chi connectivity index (χ3v) is 2.32. The van der Waals surface area contributed by atoms with E-state index < -0.39 is 4.92 Å². The van der Waals surface area contributed by atoms with Crippen molar-refractivity contribution < 1.29 is 14.5 Å². The SMILES string of the molecule is COc1cccc([C@@H](CC=O)C[N+](=O)[O-])c1. The number of aldehydes is 1. The molecule has 0 radical (unpaired) electrons. The monoisotopic (exact) mass is 223 g/mol. The molecule has 0 aliphatic carbocycles. The van der Waals surface area contributed by atoms with Crippen LogP contribution in [0.5, 0.6) is 5.75 Å². The van der Waals surface area contributed by atoms with Crippen LogP contribution in [-0.2, 0) is 4.79 Å². The molecule has 1 aromatic carbocycles. The second-order valence-electron chi connectivity index (χ2n) is 3.39. The average Bonchev–Trinajstić information content (AvgIpc) is 2.28. The van der Waals surface area contributed by atoms with E-state index >= 15 is 0 Å². The van der Waals surface area contributed by atoms with Crippen molar-refractivity contribution in [3.63, 3.8) is 0 Å². The van der Waals surface area contributed by atoms with Crippen molar-refractivity contribution in [2.75, 3.05) is 13.7 Å². The Balaban J connectivity index is 2.90. The van der Waals surface area contributed by atoms with Gasteiger partial charge in [-0.3, -0.25) is 10.1 Å². The minimum atomic E-state index is -0.409. The highest BCUT2D eigenvalue weighted by Crippen LogP contribution is 2.23. The van der Waals surface area contributed by atoms with Gasteiger partial charge in [0.25, 0.3) is 0 Å². The van der Waals surface area contributed by atoms with E-state index in [0.717, 1.165) is 5.56 Å². The number of carbonyl (C=O) groups excluding carboxylic acids is 1. The van der Waals surface area contributed by atoms with Crippen LogP contribution in [0.15, 0.2) is 24.3 Å². The first kappa shape index (κ1) is 12.2. The second-order valence-corrected chi connectivity index (χ2v) is 3.39. The normalized spacial score (nSPS) is 11.8. The van der Waals surface area contributed by atoms with Gasteiger partial charge in [-0.2, -0.15) is 0 Å². The summed E-state index contributed by atoms with van der Waals surface area (Å²) >= 11 is 0. The van der Waals surface area contributed by atoms with Gasteiger partial charge in [-0.05, 0) is 17.7 Å². The van der Waals surface area contributed by atoms with Gasteiger partial charge in [0.1, 0.15) is 12.0 Å². The lowest BCUT2D eigenvalue weighted by Crippen LogP contribution is -2.13. The molecule has 0 unspecified atom stereocenters. The van der Waals surface area contributed by atoms with Crippen LogP contribution in [0.1, 0.15) is 17.9 Å². The zero-order chi connectivity index (χ0) is 12.0. The first-order chi connectivity index (χ1) is 7.67. The Bertz CT molecular complexity index is 378. The van der Waals surface area contributed by atoms with Crippen molar-refractivity contribution in [3.8, 4) is 5.75 Å². The van der Waals surface area contributed by atoms with Gasteiger partial charge in [-0.15, -0.1) is 0 Å².